The lowest BCUT2D eigenvalue weighted by molar-refractivity contribution is 0.764. The first kappa shape index (κ1) is 12.1. The van der Waals surface area contributed by atoms with Crippen LogP contribution in [0.2, 0.25) is 0 Å². The van der Waals surface area contributed by atoms with E-state index >= 15 is 0 Å². The molecule has 0 fully saturated rings. The van der Waals surface area contributed by atoms with Gasteiger partial charge in [-0.3, -0.25) is 0 Å². The molecule has 1 aromatic heterocycles. The first-order valence-electron chi connectivity index (χ1n) is 6.58. The fourth-order valence-corrected chi connectivity index (χ4v) is 2.44. The average molecular weight is 254 g/mol. The van der Waals surface area contributed by atoms with E-state index in [-0.39, 0.29) is 0 Å². The lowest BCUT2D eigenvalue weighted by atomic mass is 10.1. The Kier molecular flexibility index (Phi) is 3.17. The fraction of sp³-hybridized carbons (Fsp3) is 0.333. The van der Waals surface area contributed by atoms with Gasteiger partial charge in [-0.05, 0) is 36.6 Å². The van der Waals surface area contributed by atoms with Gasteiger partial charge < -0.3 is 10.6 Å². The van der Waals surface area contributed by atoms with Crippen molar-refractivity contribution < 1.29 is 0 Å². The second-order valence-electron chi connectivity index (χ2n) is 5.03. The van der Waals surface area contributed by atoms with Crippen LogP contribution in [0.3, 0.4) is 0 Å². The number of hydrogen-bond donors (Lipinski definition) is 2. The first-order chi connectivity index (χ1) is 9.20. The lowest BCUT2D eigenvalue weighted by Gasteiger charge is -2.08. The third-order valence-corrected chi connectivity index (χ3v) is 3.33. The smallest absolute Gasteiger partial charge is 0.223 e. The minimum Gasteiger partial charge on any atom is -0.350 e. The maximum absolute atomic E-state index is 4.39. The summed E-state index contributed by atoms with van der Waals surface area (Å²) >= 11 is 0. The summed E-state index contributed by atoms with van der Waals surface area (Å²) in [6.07, 6.45) is 0. The van der Waals surface area contributed by atoms with Crippen LogP contribution in [0.5, 0.6) is 0 Å². The number of anilines is 1. The van der Waals surface area contributed by atoms with Crippen molar-refractivity contribution in [1.82, 2.24) is 15.3 Å². The number of nitrogens with one attached hydrogen (secondary N) is 2. The van der Waals surface area contributed by atoms with Crippen LogP contribution in [0.1, 0.15) is 28.1 Å². The highest BCUT2D eigenvalue weighted by molar-refractivity contribution is 5.37. The van der Waals surface area contributed by atoms with Crippen LogP contribution in [-0.4, -0.2) is 9.97 Å². The summed E-state index contributed by atoms with van der Waals surface area (Å²) in [6, 6.07) is 8.60. The van der Waals surface area contributed by atoms with E-state index in [1.807, 2.05) is 19.9 Å². The number of nitrogens with zero attached hydrogens (tertiary/aromatic N) is 2. The zero-order chi connectivity index (χ0) is 13.2. The number of hydrogen-bond acceptors (Lipinski definition) is 4. The van der Waals surface area contributed by atoms with Crippen LogP contribution in [-0.2, 0) is 19.6 Å². The maximum atomic E-state index is 4.39. The zero-order valence-corrected chi connectivity index (χ0v) is 11.3. The Morgan fingerprint density at radius 2 is 1.79 bits per heavy atom. The Bertz CT molecular complexity index is 587. The third kappa shape index (κ3) is 2.74. The van der Waals surface area contributed by atoms with E-state index in [2.05, 4.69) is 38.8 Å². The quantitative estimate of drug-likeness (QED) is 0.882. The number of aryl methyl sites for hydroxylation is 2. The molecule has 3 rings (SSSR count). The van der Waals surface area contributed by atoms with Gasteiger partial charge in [-0.25, -0.2) is 9.97 Å². The predicted molar refractivity (Wildman–Crippen MR) is 75.8 cm³/mol. The Balaban J connectivity index is 1.72. The molecule has 1 aromatic carbocycles. The van der Waals surface area contributed by atoms with E-state index in [4.69, 9.17) is 0 Å². The monoisotopic (exact) mass is 254 g/mol. The van der Waals surface area contributed by atoms with Gasteiger partial charge in [-0.1, -0.05) is 18.2 Å². The van der Waals surface area contributed by atoms with Crippen molar-refractivity contribution in [3.8, 4) is 0 Å². The van der Waals surface area contributed by atoms with Crippen LogP contribution in [0.15, 0.2) is 24.3 Å². The largest absolute Gasteiger partial charge is 0.350 e. The van der Waals surface area contributed by atoms with Crippen molar-refractivity contribution in [2.75, 3.05) is 5.32 Å². The van der Waals surface area contributed by atoms with Gasteiger partial charge in [0.2, 0.25) is 5.95 Å². The molecule has 0 spiro atoms. The Labute approximate surface area is 113 Å². The highest BCUT2D eigenvalue weighted by Crippen LogP contribution is 2.17. The van der Waals surface area contributed by atoms with Crippen molar-refractivity contribution >= 4 is 5.95 Å². The molecule has 19 heavy (non-hydrogen) atoms. The third-order valence-electron chi connectivity index (χ3n) is 3.33. The summed E-state index contributed by atoms with van der Waals surface area (Å²) in [7, 11) is 0. The van der Waals surface area contributed by atoms with Crippen LogP contribution >= 0.6 is 0 Å². The molecule has 0 unspecified atom stereocenters. The topological polar surface area (TPSA) is 49.8 Å². The van der Waals surface area contributed by atoms with Crippen LogP contribution in [0.4, 0.5) is 5.95 Å². The van der Waals surface area contributed by atoms with Gasteiger partial charge >= 0.3 is 0 Å². The summed E-state index contributed by atoms with van der Waals surface area (Å²) < 4.78 is 0. The molecule has 2 N–H and O–H groups in total. The number of benzene rings is 1. The van der Waals surface area contributed by atoms with Gasteiger partial charge in [-0.15, -0.1) is 0 Å². The van der Waals surface area contributed by atoms with E-state index in [9.17, 15) is 0 Å². The van der Waals surface area contributed by atoms with Crippen molar-refractivity contribution in [1.29, 1.82) is 0 Å². The van der Waals surface area contributed by atoms with E-state index in [0.717, 1.165) is 31.0 Å². The molecule has 4 nitrogen and oxygen atoms in total. The fourth-order valence-electron chi connectivity index (χ4n) is 2.44. The normalized spacial score (nSPS) is 13.4. The molecule has 98 valence electrons. The van der Waals surface area contributed by atoms with Crippen molar-refractivity contribution in [2.45, 2.75) is 33.5 Å². The molecule has 0 atom stereocenters. The Morgan fingerprint density at radius 3 is 2.58 bits per heavy atom. The minimum atomic E-state index is 0.705. The molecular formula is C15H18N4. The molecule has 0 amide bonds. The molecule has 0 saturated carbocycles. The van der Waals surface area contributed by atoms with E-state index in [1.165, 1.54) is 16.7 Å². The van der Waals surface area contributed by atoms with Gasteiger partial charge in [0.05, 0.1) is 0 Å². The number of fused-ring (bicyclic) bond motifs is 1. The van der Waals surface area contributed by atoms with Gasteiger partial charge in [-0.2, -0.15) is 0 Å². The SMILES string of the molecule is Cc1cc(C)nc(NCc2ccc3c(c2)CNC3)n1. The average Bonchev–Trinajstić information content (AvgIpc) is 2.82. The lowest BCUT2D eigenvalue weighted by Crippen LogP contribution is -2.05. The van der Waals surface area contributed by atoms with Crippen molar-refractivity contribution in [2.24, 2.45) is 0 Å². The molecule has 4 heteroatoms. The summed E-state index contributed by atoms with van der Waals surface area (Å²) in [5, 5.41) is 6.65. The second-order valence-corrected chi connectivity index (χ2v) is 5.03. The van der Waals surface area contributed by atoms with E-state index in [1.54, 1.807) is 0 Å². The van der Waals surface area contributed by atoms with Gasteiger partial charge in [0, 0.05) is 31.0 Å². The van der Waals surface area contributed by atoms with E-state index < -0.39 is 0 Å². The summed E-state index contributed by atoms with van der Waals surface area (Å²) in [6.45, 7) is 6.70. The summed E-state index contributed by atoms with van der Waals surface area (Å²) in [4.78, 5) is 8.77. The highest BCUT2D eigenvalue weighted by atomic mass is 15.1. The van der Waals surface area contributed by atoms with Gasteiger partial charge in [0.25, 0.3) is 0 Å². The molecule has 2 aromatic rings. The van der Waals surface area contributed by atoms with Gasteiger partial charge in [0.15, 0.2) is 0 Å². The second kappa shape index (κ2) is 4.97. The molecular weight excluding hydrogens is 236 g/mol. The molecule has 2 heterocycles. The first-order valence-corrected chi connectivity index (χ1v) is 6.58. The standard InChI is InChI=1S/C15H18N4/c1-10-5-11(2)19-15(18-10)17-7-12-3-4-13-8-16-9-14(13)6-12/h3-6,16H,7-9H2,1-2H3,(H,17,18,19). The van der Waals surface area contributed by atoms with Crippen LogP contribution < -0.4 is 10.6 Å². The molecule has 0 bridgehead atoms. The Morgan fingerprint density at radius 1 is 1.05 bits per heavy atom. The summed E-state index contributed by atoms with van der Waals surface area (Å²) in [5.74, 6) is 0.705. The minimum absolute atomic E-state index is 0.705. The van der Waals surface area contributed by atoms with E-state index in [0.29, 0.717) is 5.95 Å². The summed E-state index contributed by atoms with van der Waals surface area (Å²) in [5.41, 5.74) is 6.07. The van der Waals surface area contributed by atoms with Crippen LogP contribution in [0, 0.1) is 13.8 Å². The van der Waals surface area contributed by atoms with Crippen molar-refractivity contribution in [3.05, 3.63) is 52.3 Å². The van der Waals surface area contributed by atoms with Gasteiger partial charge in [0.1, 0.15) is 0 Å². The van der Waals surface area contributed by atoms with Crippen LogP contribution in [0.25, 0.3) is 0 Å². The molecule has 0 aliphatic carbocycles. The zero-order valence-electron chi connectivity index (χ0n) is 11.3. The molecule has 0 saturated heterocycles. The molecule has 0 radical (unpaired) electrons. The molecule has 1 aliphatic rings. The Hall–Kier alpha value is -1.94. The number of aromatic nitrogens is 2. The van der Waals surface area contributed by atoms with Crippen molar-refractivity contribution in [3.63, 3.8) is 0 Å². The number of rotatable bonds is 3. The predicted octanol–water partition coefficient (Wildman–Crippen LogP) is 2.31. The highest BCUT2D eigenvalue weighted by Gasteiger charge is 2.09. The molecule has 1 aliphatic heterocycles. The maximum Gasteiger partial charge on any atom is 0.223 e.